The van der Waals surface area contributed by atoms with E-state index in [0.29, 0.717) is 0 Å². The Morgan fingerprint density at radius 3 is 1.68 bits per heavy atom. The number of piperidine rings is 1. The van der Waals surface area contributed by atoms with Crippen molar-refractivity contribution in [2.45, 2.75) is 45.3 Å². The zero-order chi connectivity index (χ0) is 19.5. The average molecular weight is 369 g/mol. The molecule has 0 aromatic rings. The predicted octanol–water partition coefficient (Wildman–Crippen LogP) is 2.85. The molecule has 0 spiro atoms. The van der Waals surface area contributed by atoms with E-state index in [9.17, 15) is 13.2 Å². The van der Waals surface area contributed by atoms with Crippen molar-refractivity contribution in [1.82, 2.24) is 19.6 Å². The lowest BCUT2D eigenvalue weighted by atomic mass is 10.1. The van der Waals surface area contributed by atoms with Crippen molar-refractivity contribution in [2.75, 3.05) is 74.0 Å². The van der Waals surface area contributed by atoms with Gasteiger partial charge in [0.15, 0.2) is 0 Å². The summed E-state index contributed by atoms with van der Waals surface area (Å²) in [6.07, 6.45) is -2.02. The number of hydrogen-bond acceptors (Lipinski definition) is 4. The minimum absolute atomic E-state index is 0.150. The smallest absolute Gasteiger partial charge is 0.306 e. The van der Waals surface area contributed by atoms with Crippen LogP contribution in [0.25, 0.3) is 0 Å². The fourth-order valence-corrected chi connectivity index (χ4v) is 2.87. The molecule has 0 amide bonds. The third kappa shape index (κ3) is 12.6. The second-order valence-corrected chi connectivity index (χ2v) is 7.01. The number of rotatable bonds is 3. The van der Waals surface area contributed by atoms with Gasteiger partial charge < -0.3 is 19.6 Å². The van der Waals surface area contributed by atoms with E-state index >= 15 is 0 Å². The van der Waals surface area contributed by atoms with Crippen molar-refractivity contribution in [1.29, 1.82) is 0 Å². The normalized spacial score (nSPS) is 21.4. The van der Waals surface area contributed by atoms with E-state index in [1.165, 1.54) is 25.9 Å². The third-order valence-corrected chi connectivity index (χ3v) is 4.73. The summed E-state index contributed by atoms with van der Waals surface area (Å²) < 4.78 is 35.6. The summed E-state index contributed by atoms with van der Waals surface area (Å²) in [7, 11) is 8.54. The standard InChI is InChI=1S/C8H15F3N2.C8H18N2.C2H6/c1-12-4-6-13(7-5-12)3-2-8(9,10)11;1-9(2)8-4-6-10(3)7-5-8;1-2/h2-7H2,1H3;8H,4-7H2,1-3H3;1-2H3. The first-order valence-corrected chi connectivity index (χ1v) is 9.50. The number of alkyl halides is 3. The highest BCUT2D eigenvalue weighted by molar-refractivity contribution is 4.74. The van der Waals surface area contributed by atoms with Crippen molar-refractivity contribution in [3.05, 3.63) is 0 Å². The van der Waals surface area contributed by atoms with Gasteiger partial charge in [0.1, 0.15) is 0 Å². The lowest BCUT2D eigenvalue weighted by molar-refractivity contribution is -0.138. The van der Waals surface area contributed by atoms with E-state index in [-0.39, 0.29) is 6.54 Å². The van der Waals surface area contributed by atoms with Crippen LogP contribution in [0.5, 0.6) is 0 Å². The lowest BCUT2D eigenvalue weighted by Gasteiger charge is -2.32. The SMILES string of the molecule is CC.CN1CCC(N(C)C)CC1.CN1CCN(CCC(F)(F)F)CC1. The van der Waals surface area contributed by atoms with Crippen LogP contribution in [-0.4, -0.2) is 106 Å². The molecule has 25 heavy (non-hydrogen) atoms. The van der Waals surface area contributed by atoms with Crippen LogP contribution in [0.3, 0.4) is 0 Å². The fraction of sp³-hybridized carbons (Fsp3) is 1.00. The molecule has 2 saturated heterocycles. The molecule has 0 N–H and O–H groups in total. The van der Waals surface area contributed by atoms with Crippen molar-refractivity contribution < 1.29 is 13.2 Å². The Balaban J connectivity index is 0.000000430. The molecule has 0 aliphatic carbocycles. The monoisotopic (exact) mass is 368 g/mol. The molecule has 0 aromatic carbocycles. The summed E-state index contributed by atoms with van der Waals surface area (Å²) in [5, 5.41) is 0. The molecule has 0 bridgehead atoms. The highest BCUT2D eigenvalue weighted by atomic mass is 19.4. The number of halogens is 3. The topological polar surface area (TPSA) is 13.0 Å². The Hall–Kier alpha value is -0.370. The molecule has 2 heterocycles. The molecule has 7 heteroatoms. The van der Waals surface area contributed by atoms with Gasteiger partial charge >= 0.3 is 6.18 Å². The quantitative estimate of drug-likeness (QED) is 0.759. The Kier molecular flexibility index (Phi) is 12.7. The first kappa shape index (κ1) is 24.6. The van der Waals surface area contributed by atoms with Crippen LogP contribution >= 0.6 is 0 Å². The van der Waals surface area contributed by atoms with Crippen LogP contribution < -0.4 is 0 Å². The molecular weight excluding hydrogens is 329 g/mol. The van der Waals surface area contributed by atoms with Gasteiger partial charge in [-0.2, -0.15) is 13.2 Å². The van der Waals surface area contributed by atoms with Crippen molar-refractivity contribution in [3.63, 3.8) is 0 Å². The minimum Gasteiger partial charge on any atom is -0.306 e. The molecule has 152 valence electrons. The van der Waals surface area contributed by atoms with E-state index in [4.69, 9.17) is 0 Å². The second kappa shape index (κ2) is 12.9. The van der Waals surface area contributed by atoms with E-state index < -0.39 is 12.6 Å². The molecule has 2 fully saturated rings. The molecule has 0 radical (unpaired) electrons. The fourth-order valence-electron chi connectivity index (χ4n) is 2.87. The molecule has 2 rings (SSSR count). The van der Waals surface area contributed by atoms with Gasteiger partial charge in [0.25, 0.3) is 0 Å². The molecular formula is C18H39F3N4. The van der Waals surface area contributed by atoms with Gasteiger partial charge in [-0.1, -0.05) is 13.8 Å². The molecule has 0 saturated carbocycles. The maximum Gasteiger partial charge on any atom is 0.390 e. The van der Waals surface area contributed by atoms with Gasteiger partial charge in [-0.05, 0) is 54.1 Å². The van der Waals surface area contributed by atoms with Crippen LogP contribution in [0.4, 0.5) is 13.2 Å². The summed E-state index contributed by atoms with van der Waals surface area (Å²) in [5.74, 6) is 0. The van der Waals surface area contributed by atoms with Crippen molar-refractivity contribution in [3.8, 4) is 0 Å². The van der Waals surface area contributed by atoms with Gasteiger partial charge in [0.2, 0.25) is 0 Å². The zero-order valence-electron chi connectivity index (χ0n) is 17.1. The Bertz CT molecular complexity index is 308. The summed E-state index contributed by atoms with van der Waals surface area (Å²) >= 11 is 0. The molecule has 0 unspecified atom stereocenters. The summed E-state index contributed by atoms with van der Waals surface area (Å²) in [4.78, 5) is 8.74. The number of nitrogens with zero attached hydrogens (tertiary/aromatic N) is 4. The van der Waals surface area contributed by atoms with E-state index in [1.807, 2.05) is 25.8 Å². The van der Waals surface area contributed by atoms with E-state index in [0.717, 1.165) is 32.2 Å². The molecule has 2 aliphatic rings. The first-order valence-electron chi connectivity index (χ1n) is 9.50. The van der Waals surface area contributed by atoms with Crippen LogP contribution in [0, 0.1) is 0 Å². The van der Waals surface area contributed by atoms with E-state index in [2.05, 4.69) is 35.8 Å². The second-order valence-electron chi connectivity index (χ2n) is 7.01. The van der Waals surface area contributed by atoms with Crippen LogP contribution in [0.15, 0.2) is 0 Å². The maximum absolute atomic E-state index is 11.9. The van der Waals surface area contributed by atoms with Gasteiger partial charge in [-0.15, -0.1) is 0 Å². The lowest BCUT2D eigenvalue weighted by Crippen LogP contribution is -2.45. The molecule has 4 nitrogen and oxygen atoms in total. The Morgan fingerprint density at radius 2 is 1.28 bits per heavy atom. The number of likely N-dealkylation sites (tertiary alicyclic amines) is 1. The van der Waals surface area contributed by atoms with Crippen LogP contribution in [0.1, 0.15) is 33.1 Å². The number of piperazine rings is 1. The van der Waals surface area contributed by atoms with Gasteiger partial charge in [0, 0.05) is 38.8 Å². The van der Waals surface area contributed by atoms with Gasteiger partial charge in [0.05, 0.1) is 6.42 Å². The number of likely N-dealkylation sites (N-methyl/N-ethyl adjacent to an activating group) is 1. The zero-order valence-corrected chi connectivity index (χ0v) is 17.1. The highest BCUT2D eigenvalue weighted by Gasteiger charge is 2.28. The highest BCUT2D eigenvalue weighted by Crippen LogP contribution is 2.20. The van der Waals surface area contributed by atoms with Gasteiger partial charge in [-0.3, -0.25) is 0 Å². The van der Waals surface area contributed by atoms with Crippen LogP contribution in [-0.2, 0) is 0 Å². The largest absolute Gasteiger partial charge is 0.390 e. The van der Waals surface area contributed by atoms with E-state index in [1.54, 1.807) is 0 Å². The molecule has 2 aliphatic heterocycles. The van der Waals surface area contributed by atoms with Gasteiger partial charge in [-0.25, -0.2) is 0 Å². The Morgan fingerprint density at radius 1 is 0.840 bits per heavy atom. The Labute approximate surface area is 152 Å². The maximum atomic E-state index is 11.9. The average Bonchev–Trinajstić information content (AvgIpc) is 2.56. The summed E-state index contributed by atoms with van der Waals surface area (Å²) in [6.45, 7) is 9.94. The minimum atomic E-state index is -4.01. The van der Waals surface area contributed by atoms with Crippen molar-refractivity contribution >= 4 is 0 Å². The summed E-state index contributed by atoms with van der Waals surface area (Å²) in [5.41, 5.74) is 0. The van der Waals surface area contributed by atoms with Crippen LogP contribution in [0.2, 0.25) is 0 Å². The molecule has 0 atom stereocenters. The van der Waals surface area contributed by atoms with Crippen molar-refractivity contribution in [2.24, 2.45) is 0 Å². The predicted molar refractivity (Wildman–Crippen MR) is 100 cm³/mol. The summed E-state index contributed by atoms with van der Waals surface area (Å²) in [6, 6.07) is 0.830. The third-order valence-electron chi connectivity index (χ3n) is 4.73. The first-order chi connectivity index (χ1) is 11.7. The number of hydrogen-bond donors (Lipinski definition) is 0. The molecule has 0 aromatic heterocycles.